The fourth-order valence-electron chi connectivity index (χ4n) is 11.0. The third-order valence-electron chi connectivity index (χ3n) is 15.4. The van der Waals surface area contributed by atoms with Crippen molar-refractivity contribution in [2.75, 3.05) is 65.5 Å². The highest BCUT2D eigenvalue weighted by molar-refractivity contribution is 5.91. The number of aliphatic hydroxyl groups is 1. The Labute approximate surface area is 421 Å². The summed E-state index contributed by atoms with van der Waals surface area (Å²) in [7, 11) is 3.83. The van der Waals surface area contributed by atoms with E-state index in [-0.39, 0.29) is 77.3 Å². The number of halogens is 3. The van der Waals surface area contributed by atoms with Gasteiger partial charge in [-0.05, 0) is 128 Å². The molecule has 0 bridgehead atoms. The molecule has 1 aromatic carbocycles. The molecule has 17 nitrogen and oxygen atoms in total. The SMILES string of the molecule is CC(C)N(C)[C@@H]1CC[C@H](N2CC[C@H](Nc3ncnc4ccc(C(F)(F)F)cc34)C2O)[C@H](NC(=O)C2CCC(C(=O)NCCCOCCCCOCCCNC(=O)[C@H]3CC(=O)N(C)[C@@H]3c3cccnc3)CC2)C1. The molecule has 1 unspecified atom stereocenters. The van der Waals surface area contributed by atoms with Gasteiger partial charge in [0.2, 0.25) is 23.6 Å². The summed E-state index contributed by atoms with van der Waals surface area (Å²) in [5.41, 5.74) is 0.412. The zero-order valence-corrected chi connectivity index (χ0v) is 42.2. The number of nitrogens with zero attached hydrogens (tertiary/aromatic N) is 6. The first-order valence-corrected chi connectivity index (χ1v) is 26.0. The Kier molecular flexibility index (Phi) is 19.6. The Hall–Kier alpha value is -5.02. The second-order valence-corrected chi connectivity index (χ2v) is 20.4. The van der Waals surface area contributed by atoms with E-state index in [1.165, 1.54) is 12.4 Å². The lowest BCUT2D eigenvalue weighted by molar-refractivity contribution is -0.137. The van der Waals surface area contributed by atoms with E-state index in [4.69, 9.17) is 9.47 Å². The van der Waals surface area contributed by atoms with Crippen LogP contribution in [0.2, 0.25) is 0 Å². The van der Waals surface area contributed by atoms with Crippen molar-refractivity contribution in [1.82, 2.24) is 45.6 Å². The molecule has 20 heteroatoms. The van der Waals surface area contributed by atoms with E-state index in [2.05, 4.69) is 62.0 Å². The first-order valence-electron chi connectivity index (χ1n) is 26.0. The van der Waals surface area contributed by atoms with Gasteiger partial charge < -0.3 is 45.6 Å². The molecule has 4 heterocycles. The van der Waals surface area contributed by atoms with Gasteiger partial charge in [-0.3, -0.25) is 29.1 Å². The largest absolute Gasteiger partial charge is 0.416 e. The van der Waals surface area contributed by atoms with Crippen LogP contribution in [0.25, 0.3) is 10.9 Å². The molecule has 0 spiro atoms. The molecular weight excluding hydrogens is 934 g/mol. The number of anilines is 1. The molecule has 4 amide bonds. The number of pyridine rings is 1. The van der Waals surface area contributed by atoms with Gasteiger partial charge >= 0.3 is 6.18 Å². The van der Waals surface area contributed by atoms with Crippen LogP contribution in [0.1, 0.15) is 114 Å². The van der Waals surface area contributed by atoms with Crippen molar-refractivity contribution in [3.05, 3.63) is 60.2 Å². The molecule has 5 N–H and O–H groups in total. The first kappa shape index (κ1) is 54.7. The van der Waals surface area contributed by atoms with E-state index in [9.17, 15) is 37.5 Å². The monoisotopic (exact) mass is 1010 g/mol. The molecule has 72 heavy (non-hydrogen) atoms. The number of aromatic nitrogens is 3. The minimum atomic E-state index is -4.53. The lowest BCUT2D eigenvalue weighted by Crippen LogP contribution is -2.60. The molecule has 4 aliphatic rings. The number of nitrogens with one attached hydrogen (secondary N) is 4. The fraction of sp³-hybridized carbons (Fsp3) is 0.673. The van der Waals surface area contributed by atoms with Gasteiger partial charge in [0.05, 0.1) is 29.1 Å². The second-order valence-electron chi connectivity index (χ2n) is 20.4. The van der Waals surface area contributed by atoms with E-state index in [0.717, 1.165) is 43.4 Å². The third-order valence-corrected chi connectivity index (χ3v) is 15.4. The van der Waals surface area contributed by atoms with Crippen molar-refractivity contribution >= 4 is 40.3 Å². The normalized spacial score (nSPS) is 26.1. The number of fused-ring (bicyclic) bond motifs is 1. The van der Waals surface area contributed by atoms with E-state index in [1.54, 1.807) is 24.3 Å². The summed E-state index contributed by atoms with van der Waals surface area (Å²) in [6.07, 6.45) is 7.75. The third kappa shape index (κ3) is 14.2. The maximum Gasteiger partial charge on any atom is 0.416 e. The van der Waals surface area contributed by atoms with Crippen molar-refractivity contribution in [2.24, 2.45) is 17.8 Å². The van der Waals surface area contributed by atoms with Crippen molar-refractivity contribution in [3.8, 4) is 0 Å². The van der Waals surface area contributed by atoms with E-state index in [0.29, 0.717) is 109 Å². The minimum absolute atomic E-state index is 0.00888. The molecule has 4 fully saturated rings. The molecule has 2 aliphatic heterocycles. The average molecular weight is 1010 g/mol. The maximum absolute atomic E-state index is 14.0. The number of carbonyl (C=O) groups excluding carboxylic acids is 4. The van der Waals surface area contributed by atoms with Gasteiger partial charge in [-0.2, -0.15) is 13.2 Å². The van der Waals surface area contributed by atoms with Gasteiger partial charge in [-0.1, -0.05) is 6.07 Å². The summed E-state index contributed by atoms with van der Waals surface area (Å²) >= 11 is 0. The molecule has 3 aromatic rings. The number of hydrogen-bond acceptors (Lipinski definition) is 13. The lowest BCUT2D eigenvalue weighted by Gasteiger charge is -2.46. The molecule has 7 atom stereocenters. The Balaban J connectivity index is 0.762. The van der Waals surface area contributed by atoms with E-state index >= 15 is 0 Å². The summed E-state index contributed by atoms with van der Waals surface area (Å²) in [4.78, 5) is 71.0. The summed E-state index contributed by atoms with van der Waals surface area (Å²) in [6, 6.07) is 6.39. The summed E-state index contributed by atoms with van der Waals surface area (Å²) in [6.45, 7) is 8.05. The van der Waals surface area contributed by atoms with Gasteiger partial charge in [-0.15, -0.1) is 0 Å². The Bertz CT molecular complexity index is 2250. The predicted octanol–water partition coefficient (Wildman–Crippen LogP) is 5.45. The number of likely N-dealkylation sites (tertiary alicyclic amines) is 2. The first-order chi connectivity index (χ1) is 34.6. The number of amides is 4. The smallest absolute Gasteiger partial charge is 0.381 e. The number of hydrogen-bond donors (Lipinski definition) is 5. The number of ether oxygens (including phenoxy) is 2. The highest BCUT2D eigenvalue weighted by atomic mass is 19.4. The molecule has 2 aromatic heterocycles. The average Bonchev–Trinajstić information content (AvgIpc) is 3.89. The summed E-state index contributed by atoms with van der Waals surface area (Å²) in [5, 5.41) is 24.6. The molecule has 396 valence electrons. The topological polar surface area (TPSA) is 203 Å². The lowest BCUT2D eigenvalue weighted by atomic mass is 9.80. The number of aliphatic hydroxyl groups excluding tert-OH is 1. The number of rotatable bonds is 23. The van der Waals surface area contributed by atoms with Crippen molar-refractivity contribution in [1.29, 1.82) is 0 Å². The zero-order valence-electron chi connectivity index (χ0n) is 42.2. The molecular formula is C52H75F3N10O7. The maximum atomic E-state index is 14.0. The van der Waals surface area contributed by atoms with E-state index in [1.807, 2.05) is 17.0 Å². The number of alkyl halides is 3. The van der Waals surface area contributed by atoms with Crippen LogP contribution in [0, 0.1) is 17.8 Å². The Morgan fingerprint density at radius 2 is 1.53 bits per heavy atom. The van der Waals surface area contributed by atoms with E-state index < -0.39 is 29.9 Å². The summed E-state index contributed by atoms with van der Waals surface area (Å²) < 4.78 is 52.4. The number of unbranched alkanes of at least 4 members (excludes halogenated alkanes) is 1. The fourth-order valence-corrected chi connectivity index (χ4v) is 11.0. The highest BCUT2D eigenvalue weighted by Crippen LogP contribution is 2.38. The summed E-state index contributed by atoms with van der Waals surface area (Å²) in [5.74, 6) is -0.813. The quantitative estimate of drug-likeness (QED) is 0.0752. The zero-order chi connectivity index (χ0) is 51.4. The van der Waals surface area contributed by atoms with Crippen LogP contribution < -0.4 is 21.3 Å². The molecule has 2 aliphatic carbocycles. The second kappa shape index (κ2) is 25.8. The van der Waals surface area contributed by atoms with Crippen LogP contribution >= 0.6 is 0 Å². The minimum Gasteiger partial charge on any atom is -0.381 e. The number of benzene rings is 1. The van der Waals surface area contributed by atoms with Crippen LogP contribution in [0.4, 0.5) is 19.0 Å². The Morgan fingerprint density at radius 3 is 2.18 bits per heavy atom. The van der Waals surface area contributed by atoms with Crippen LogP contribution in [-0.4, -0.2) is 155 Å². The standard InChI is InChI=1S/C52H75F3N10O7/c1-33(2)63(3)38-16-18-44(65-23-19-42(51(65)70)61-47-39-28-37(52(53,54)55)15-17-41(39)59-32-60-47)43(29-38)62-49(68)35-13-11-34(12-14-35)48(67)57-21-8-26-71-24-5-6-25-72-27-9-22-58-50(69)40-30-45(66)64(4)46(40)36-10-7-20-56-31-36/h7,10,15,17,20,28,31-35,38,40,42-44,46,51,70H,5-6,8-9,11-14,16,18-19,21-27,29-30H2,1-4H3,(H,57,67)(H,58,69)(H,62,68)(H,59,60,61)/t34?,35?,38-,40+,42+,43-,44+,46-,51?/m1/s1. The molecule has 2 saturated carbocycles. The van der Waals surface area contributed by atoms with Gasteiger partial charge in [0.25, 0.3) is 0 Å². The molecule has 2 saturated heterocycles. The van der Waals surface area contributed by atoms with Gasteiger partial charge in [0, 0.05) is 113 Å². The van der Waals surface area contributed by atoms with Crippen LogP contribution in [0.3, 0.4) is 0 Å². The van der Waals surface area contributed by atoms with Crippen LogP contribution in [-0.2, 0) is 34.8 Å². The van der Waals surface area contributed by atoms with Crippen LogP contribution in [0.5, 0.6) is 0 Å². The van der Waals surface area contributed by atoms with Crippen molar-refractivity contribution in [3.63, 3.8) is 0 Å². The van der Waals surface area contributed by atoms with Gasteiger partial charge in [0.15, 0.2) is 0 Å². The van der Waals surface area contributed by atoms with Gasteiger partial charge in [-0.25, -0.2) is 9.97 Å². The van der Waals surface area contributed by atoms with Crippen molar-refractivity contribution < 1.29 is 46.9 Å². The van der Waals surface area contributed by atoms with Gasteiger partial charge in [0.1, 0.15) is 18.4 Å². The van der Waals surface area contributed by atoms with Crippen molar-refractivity contribution in [2.45, 2.75) is 146 Å². The molecule has 0 radical (unpaired) electrons. The highest BCUT2D eigenvalue weighted by Gasteiger charge is 2.45. The predicted molar refractivity (Wildman–Crippen MR) is 265 cm³/mol. The number of carbonyl (C=O) groups is 4. The molecule has 7 rings (SSSR count). The Morgan fingerprint density at radius 1 is 0.861 bits per heavy atom. The van der Waals surface area contributed by atoms with Crippen LogP contribution in [0.15, 0.2) is 49.1 Å².